The smallest absolute Gasteiger partial charge is 0.345 e. The fourth-order valence-electron chi connectivity index (χ4n) is 2.93. The highest BCUT2D eigenvalue weighted by Gasteiger charge is 2.22. The quantitative estimate of drug-likeness (QED) is 0.734. The molecule has 0 spiro atoms. The zero-order valence-electron chi connectivity index (χ0n) is 14.5. The topological polar surface area (TPSA) is 99.6 Å². The van der Waals surface area contributed by atoms with Crippen LogP contribution in [0.3, 0.4) is 0 Å². The molecule has 10 heteroatoms. The second-order valence-electron chi connectivity index (χ2n) is 6.18. The second kappa shape index (κ2) is 7.85. The second-order valence-corrected chi connectivity index (χ2v) is 7.12. The summed E-state index contributed by atoms with van der Waals surface area (Å²) in [6.45, 7) is 3.28. The molecule has 0 saturated heterocycles. The van der Waals surface area contributed by atoms with Gasteiger partial charge in [0.15, 0.2) is 5.16 Å². The summed E-state index contributed by atoms with van der Waals surface area (Å²) in [7, 11) is 1.85. The third kappa shape index (κ3) is 4.12. The third-order valence-corrected chi connectivity index (χ3v) is 5.25. The van der Waals surface area contributed by atoms with Crippen LogP contribution >= 0.6 is 11.8 Å². The van der Waals surface area contributed by atoms with Gasteiger partial charge in [-0.05, 0) is 19.3 Å². The number of rotatable bonds is 6. The molecule has 2 aromatic heterocycles. The van der Waals surface area contributed by atoms with Crippen molar-refractivity contribution in [3.63, 3.8) is 0 Å². The first kappa shape index (κ1) is 17.7. The molecule has 0 saturated carbocycles. The maximum absolute atomic E-state index is 12.3. The molecule has 0 bridgehead atoms. The van der Waals surface area contributed by atoms with Gasteiger partial charge in [-0.3, -0.25) is 9.36 Å². The van der Waals surface area contributed by atoms with Crippen LogP contribution in [0.15, 0.2) is 16.3 Å². The predicted octanol–water partition coefficient (Wildman–Crippen LogP) is 0.197. The number of nitrogens with one attached hydrogen (secondary N) is 1. The molecule has 1 aliphatic rings. The lowest BCUT2D eigenvalue weighted by Gasteiger charge is -2.15. The normalized spacial score (nSPS) is 17.1. The van der Waals surface area contributed by atoms with Crippen LogP contribution in [-0.4, -0.2) is 46.8 Å². The number of hydrogen-bond donors (Lipinski definition) is 1. The van der Waals surface area contributed by atoms with Crippen LogP contribution < -0.4 is 11.0 Å². The first-order valence-electron chi connectivity index (χ1n) is 8.51. The van der Waals surface area contributed by atoms with E-state index >= 15 is 0 Å². The molecule has 0 fully saturated rings. The van der Waals surface area contributed by atoms with Crippen LogP contribution in [0.25, 0.3) is 0 Å². The zero-order chi connectivity index (χ0) is 17.8. The van der Waals surface area contributed by atoms with Gasteiger partial charge in [-0.2, -0.15) is 5.10 Å². The Labute approximate surface area is 149 Å². The summed E-state index contributed by atoms with van der Waals surface area (Å²) in [5.74, 6) is 1.10. The van der Waals surface area contributed by atoms with Gasteiger partial charge in [0.1, 0.15) is 12.2 Å². The number of carbonyl (C=O) groups is 1. The van der Waals surface area contributed by atoms with Gasteiger partial charge in [0, 0.05) is 32.6 Å². The largest absolute Gasteiger partial charge is 0.353 e. The summed E-state index contributed by atoms with van der Waals surface area (Å²) >= 11 is 1.36. The predicted molar refractivity (Wildman–Crippen MR) is 93.4 cm³/mol. The Morgan fingerprint density at radius 1 is 1.44 bits per heavy atom. The van der Waals surface area contributed by atoms with E-state index in [-0.39, 0.29) is 17.6 Å². The number of aromatic nitrogens is 6. The van der Waals surface area contributed by atoms with Gasteiger partial charge in [0.25, 0.3) is 0 Å². The van der Waals surface area contributed by atoms with E-state index in [2.05, 4.69) is 20.6 Å². The molecule has 1 N–H and O–H groups in total. The maximum atomic E-state index is 12.3. The standard InChI is InChI=1S/C15H23N7O2S/c1-3-7-22-15(24)21-8-6-11(4-5-12(21)19-22)17-13(23)9-25-14-18-16-10-20(14)2/h10-11H,3-9H2,1-2H3,(H,17,23). The van der Waals surface area contributed by atoms with E-state index in [1.54, 1.807) is 20.1 Å². The van der Waals surface area contributed by atoms with Gasteiger partial charge in [-0.15, -0.1) is 10.2 Å². The summed E-state index contributed by atoms with van der Waals surface area (Å²) in [5, 5.41) is 15.9. The van der Waals surface area contributed by atoms with Crippen molar-refractivity contribution in [2.75, 3.05) is 5.75 Å². The molecule has 0 radical (unpaired) electrons. The van der Waals surface area contributed by atoms with E-state index in [9.17, 15) is 9.59 Å². The van der Waals surface area contributed by atoms with Crippen LogP contribution in [-0.2, 0) is 31.4 Å². The molecule has 1 unspecified atom stereocenters. The third-order valence-electron chi connectivity index (χ3n) is 4.22. The molecule has 1 aliphatic heterocycles. The lowest BCUT2D eigenvalue weighted by atomic mass is 10.1. The van der Waals surface area contributed by atoms with Crippen LogP contribution in [0.1, 0.15) is 32.0 Å². The monoisotopic (exact) mass is 365 g/mol. The van der Waals surface area contributed by atoms with E-state index < -0.39 is 0 Å². The summed E-state index contributed by atoms with van der Waals surface area (Å²) in [6.07, 6.45) is 4.73. The number of aryl methyl sites for hydroxylation is 3. The zero-order valence-corrected chi connectivity index (χ0v) is 15.3. The van der Waals surface area contributed by atoms with Gasteiger partial charge in [-0.25, -0.2) is 9.48 Å². The minimum Gasteiger partial charge on any atom is -0.353 e. The lowest BCUT2D eigenvalue weighted by molar-refractivity contribution is -0.119. The Bertz CT molecular complexity index is 794. The van der Waals surface area contributed by atoms with Gasteiger partial charge in [0.2, 0.25) is 5.91 Å². The number of fused-ring (bicyclic) bond motifs is 1. The Balaban J connectivity index is 1.53. The molecule has 9 nitrogen and oxygen atoms in total. The molecule has 25 heavy (non-hydrogen) atoms. The highest BCUT2D eigenvalue weighted by atomic mass is 32.2. The average molecular weight is 365 g/mol. The Hall–Kier alpha value is -2.10. The van der Waals surface area contributed by atoms with Crippen molar-refractivity contribution in [1.29, 1.82) is 0 Å². The molecular formula is C15H23N7O2S. The average Bonchev–Trinajstić information content (AvgIpc) is 3.05. The van der Waals surface area contributed by atoms with Crippen molar-refractivity contribution in [3.8, 4) is 0 Å². The van der Waals surface area contributed by atoms with Crippen LogP contribution in [0.4, 0.5) is 0 Å². The SMILES string of the molecule is CCCn1nc2n(c1=O)CCC(NC(=O)CSc1nncn1C)CC2. The fraction of sp³-hybridized carbons (Fsp3) is 0.667. The molecule has 2 aromatic rings. The first-order valence-corrected chi connectivity index (χ1v) is 9.49. The molecule has 0 aromatic carbocycles. The first-order chi connectivity index (χ1) is 12.1. The Morgan fingerprint density at radius 2 is 2.28 bits per heavy atom. The van der Waals surface area contributed by atoms with E-state index in [0.717, 1.165) is 25.1 Å². The molecule has 136 valence electrons. The van der Waals surface area contributed by atoms with Gasteiger partial charge >= 0.3 is 5.69 Å². The fourth-order valence-corrected chi connectivity index (χ4v) is 3.63. The number of nitrogens with zero attached hydrogens (tertiary/aromatic N) is 6. The van der Waals surface area contributed by atoms with Crippen LogP contribution in [0, 0.1) is 0 Å². The van der Waals surface area contributed by atoms with Crippen molar-refractivity contribution in [2.45, 2.75) is 56.9 Å². The summed E-state index contributed by atoms with van der Waals surface area (Å²) in [5.41, 5.74) is -0.0401. The van der Waals surface area contributed by atoms with Crippen LogP contribution in [0.2, 0.25) is 0 Å². The number of amides is 1. The molecule has 3 heterocycles. The van der Waals surface area contributed by atoms with E-state index in [1.165, 1.54) is 11.8 Å². The summed E-state index contributed by atoms with van der Waals surface area (Å²) < 4.78 is 5.08. The van der Waals surface area contributed by atoms with Crippen molar-refractivity contribution in [2.24, 2.45) is 7.05 Å². The highest BCUT2D eigenvalue weighted by Crippen LogP contribution is 2.15. The van der Waals surface area contributed by atoms with Crippen molar-refractivity contribution in [1.82, 2.24) is 34.4 Å². The Kier molecular flexibility index (Phi) is 5.57. The molecule has 1 amide bonds. The molecule has 1 atom stereocenters. The summed E-state index contributed by atoms with van der Waals surface area (Å²) in [6, 6.07) is 0.0633. The van der Waals surface area contributed by atoms with Crippen LogP contribution in [0.5, 0.6) is 0 Å². The minimum atomic E-state index is -0.0401. The van der Waals surface area contributed by atoms with Crippen molar-refractivity contribution >= 4 is 17.7 Å². The molecule has 3 rings (SSSR count). The number of thioether (sulfide) groups is 1. The van der Waals surface area contributed by atoms with Gasteiger partial charge in [0.05, 0.1) is 5.75 Å². The van der Waals surface area contributed by atoms with Gasteiger partial charge < -0.3 is 9.88 Å². The number of carbonyl (C=O) groups excluding carboxylic acids is 1. The Morgan fingerprint density at radius 3 is 3.00 bits per heavy atom. The number of hydrogen-bond acceptors (Lipinski definition) is 6. The van der Waals surface area contributed by atoms with Gasteiger partial charge in [-0.1, -0.05) is 18.7 Å². The molecular weight excluding hydrogens is 342 g/mol. The molecule has 0 aliphatic carbocycles. The van der Waals surface area contributed by atoms with E-state index in [4.69, 9.17) is 0 Å². The van der Waals surface area contributed by atoms with Crippen molar-refractivity contribution in [3.05, 3.63) is 22.6 Å². The minimum absolute atomic E-state index is 0.0269. The lowest BCUT2D eigenvalue weighted by Crippen LogP contribution is -2.37. The van der Waals surface area contributed by atoms with E-state index in [0.29, 0.717) is 30.4 Å². The maximum Gasteiger partial charge on any atom is 0.345 e. The van der Waals surface area contributed by atoms with Crippen molar-refractivity contribution < 1.29 is 4.79 Å². The highest BCUT2D eigenvalue weighted by molar-refractivity contribution is 7.99. The summed E-state index contributed by atoms with van der Waals surface area (Å²) in [4.78, 5) is 24.5. The van der Waals surface area contributed by atoms with E-state index in [1.807, 2.05) is 14.0 Å².